The van der Waals surface area contributed by atoms with Crippen molar-refractivity contribution in [1.29, 1.82) is 0 Å². The van der Waals surface area contributed by atoms with Crippen LogP contribution in [-0.4, -0.2) is 44.2 Å². The average molecular weight is 472 g/mol. The smallest absolute Gasteiger partial charge is 0.321 e. The molecule has 8 nitrogen and oxygen atoms in total. The standard InChI is InChI=1S/C26H45N7O/c1-18-16-23(28-14-7-13-27)32-25(30-18)33-26(34)31-21-10-11-22-20(17-21)12-15-29-24(22)19-8-5-3-2-4-6-9-19/h10-11,17-19,23-25,28-30,32H,2-9,12-16,27H2,1H3,(H2,31,33,34). The van der Waals surface area contributed by atoms with E-state index in [-0.39, 0.29) is 18.5 Å². The fourth-order valence-electron chi connectivity index (χ4n) is 5.84. The fraction of sp³-hybridized carbons (Fsp3) is 0.731. The molecule has 4 atom stereocenters. The van der Waals surface area contributed by atoms with Gasteiger partial charge in [0.2, 0.25) is 0 Å². The highest BCUT2D eigenvalue weighted by molar-refractivity contribution is 5.89. The first-order valence-corrected chi connectivity index (χ1v) is 13.5. The SMILES string of the molecule is CC1CC(NCCCN)NC(NC(=O)Nc2ccc3c(c2)CCNC3C2CCCCCCC2)N1. The minimum Gasteiger partial charge on any atom is -0.330 e. The maximum absolute atomic E-state index is 12.8. The number of benzene rings is 1. The Balaban J connectivity index is 1.33. The van der Waals surface area contributed by atoms with Gasteiger partial charge in [0.15, 0.2) is 0 Å². The molecule has 2 amide bonds. The van der Waals surface area contributed by atoms with Crippen molar-refractivity contribution in [2.45, 2.75) is 95.7 Å². The second kappa shape index (κ2) is 12.8. The molecule has 190 valence electrons. The highest BCUT2D eigenvalue weighted by atomic mass is 16.2. The van der Waals surface area contributed by atoms with Crippen LogP contribution in [0.25, 0.3) is 0 Å². The molecule has 1 aromatic carbocycles. The van der Waals surface area contributed by atoms with Gasteiger partial charge in [-0.15, -0.1) is 0 Å². The first-order chi connectivity index (χ1) is 16.6. The Morgan fingerprint density at radius 3 is 2.71 bits per heavy atom. The van der Waals surface area contributed by atoms with E-state index in [1.807, 2.05) is 0 Å². The van der Waals surface area contributed by atoms with Gasteiger partial charge in [0.05, 0.1) is 6.17 Å². The van der Waals surface area contributed by atoms with Crippen LogP contribution >= 0.6 is 0 Å². The minimum atomic E-state index is -0.287. The Morgan fingerprint density at radius 1 is 1.12 bits per heavy atom. The number of hydrogen-bond acceptors (Lipinski definition) is 6. The summed E-state index contributed by atoms with van der Waals surface area (Å²) >= 11 is 0. The van der Waals surface area contributed by atoms with Crippen molar-refractivity contribution in [3.63, 3.8) is 0 Å². The molecule has 34 heavy (non-hydrogen) atoms. The van der Waals surface area contributed by atoms with Crippen molar-refractivity contribution in [3.05, 3.63) is 29.3 Å². The second-order valence-electron chi connectivity index (χ2n) is 10.4. The molecule has 1 saturated carbocycles. The summed E-state index contributed by atoms with van der Waals surface area (Å²) in [7, 11) is 0. The van der Waals surface area contributed by atoms with Gasteiger partial charge in [0, 0.05) is 17.8 Å². The van der Waals surface area contributed by atoms with Crippen molar-refractivity contribution in [2.24, 2.45) is 11.7 Å². The average Bonchev–Trinajstić information content (AvgIpc) is 2.78. The van der Waals surface area contributed by atoms with E-state index in [9.17, 15) is 4.79 Å². The van der Waals surface area contributed by atoms with Crippen LogP contribution < -0.4 is 37.6 Å². The lowest BCUT2D eigenvalue weighted by atomic mass is 9.79. The molecular weight excluding hydrogens is 426 g/mol. The Morgan fingerprint density at radius 2 is 1.91 bits per heavy atom. The van der Waals surface area contributed by atoms with E-state index < -0.39 is 0 Å². The van der Waals surface area contributed by atoms with E-state index in [4.69, 9.17) is 5.73 Å². The number of amides is 2. The quantitative estimate of drug-likeness (QED) is 0.308. The molecule has 1 aliphatic carbocycles. The predicted octanol–water partition coefficient (Wildman–Crippen LogP) is 2.87. The zero-order valence-electron chi connectivity index (χ0n) is 20.8. The first kappa shape index (κ1) is 25.4. The molecule has 0 spiro atoms. The lowest BCUT2D eigenvalue weighted by Crippen LogP contribution is -2.67. The molecule has 4 rings (SSSR count). The first-order valence-electron chi connectivity index (χ1n) is 13.5. The summed E-state index contributed by atoms with van der Waals surface area (Å²) in [5, 5.41) is 20.2. The van der Waals surface area contributed by atoms with Crippen molar-refractivity contribution in [2.75, 3.05) is 25.0 Å². The summed E-state index contributed by atoms with van der Waals surface area (Å²) < 4.78 is 0. The van der Waals surface area contributed by atoms with Gasteiger partial charge in [-0.1, -0.05) is 38.2 Å². The van der Waals surface area contributed by atoms with Gasteiger partial charge in [-0.2, -0.15) is 0 Å². The second-order valence-corrected chi connectivity index (χ2v) is 10.4. The zero-order chi connectivity index (χ0) is 23.8. The monoisotopic (exact) mass is 471 g/mol. The molecule has 1 saturated heterocycles. The maximum Gasteiger partial charge on any atom is 0.321 e. The van der Waals surface area contributed by atoms with Crippen LogP contribution in [0.1, 0.15) is 81.9 Å². The van der Waals surface area contributed by atoms with Crippen molar-refractivity contribution in [3.8, 4) is 0 Å². The molecule has 0 aromatic heterocycles. The van der Waals surface area contributed by atoms with Crippen LogP contribution in [0.15, 0.2) is 18.2 Å². The summed E-state index contributed by atoms with van der Waals surface area (Å²) in [6, 6.07) is 7.01. The lowest BCUT2D eigenvalue weighted by Gasteiger charge is -2.37. The minimum absolute atomic E-state index is 0.148. The highest BCUT2D eigenvalue weighted by Gasteiger charge is 2.28. The molecule has 4 unspecified atom stereocenters. The molecule has 1 aromatic rings. The molecule has 2 fully saturated rings. The van der Waals surface area contributed by atoms with Crippen molar-refractivity contribution in [1.82, 2.24) is 26.6 Å². The molecule has 0 bridgehead atoms. The topological polar surface area (TPSA) is 115 Å². The predicted molar refractivity (Wildman–Crippen MR) is 138 cm³/mol. The Labute approximate surface area is 205 Å². The zero-order valence-corrected chi connectivity index (χ0v) is 20.8. The normalized spacial score (nSPS) is 28.4. The van der Waals surface area contributed by atoms with Crippen molar-refractivity contribution >= 4 is 11.7 Å². The summed E-state index contributed by atoms with van der Waals surface area (Å²) in [6.45, 7) is 4.69. The van der Waals surface area contributed by atoms with Crippen LogP contribution in [0.4, 0.5) is 10.5 Å². The number of carbonyl (C=O) groups excluding carboxylic acids is 1. The summed E-state index contributed by atoms with van der Waals surface area (Å²) in [5.74, 6) is 0.721. The molecule has 2 heterocycles. The van der Waals surface area contributed by atoms with Crippen LogP contribution in [0.2, 0.25) is 0 Å². The summed E-state index contributed by atoms with van der Waals surface area (Å²) in [5.41, 5.74) is 9.25. The van der Waals surface area contributed by atoms with E-state index in [0.717, 1.165) is 44.0 Å². The highest BCUT2D eigenvalue weighted by Crippen LogP contribution is 2.37. The molecule has 3 aliphatic rings. The van der Waals surface area contributed by atoms with Crippen LogP contribution in [0.3, 0.4) is 0 Å². The number of anilines is 1. The fourth-order valence-corrected chi connectivity index (χ4v) is 5.84. The number of nitrogens with two attached hydrogens (primary N) is 1. The van der Waals surface area contributed by atoms with E-state index in [0.29, 0.717) is 18.6 Å². The van der Waals surface area contributed by atoms with Crippen LogP contribution in [-0.2, 0) is 6.42 Å². The third kappa shape index (κ3) is 7.15. The number of carbonyl (C=O) groups is 1. The van der Waals surface area contributed by atoms with Crippen molar-refractivity contribution < 1.29 is 4.79 Å². The Bertz CT molecular complexity index is 780. The molecule has 0 radical (unpaired) electrons. The largest absolute Gasteiger partial charge is 0.330 e. The number of urea groups is 1. The summed E-state index contributed by atoms with van der Waals surface area (Å²) in [6.07, 6.45) is 12.3. The number of rotatable bonds is 7. The number of nitrogens with one attached hydrogen (secondary N) is 6. The van der Waals surface area contributed by atoms with Gasteiger partial charge in [-0.25, -0.2) is 4.79 Å². The van der Waals surface area contributed by atoms with Gasteiger partial charge in [-0.3, -0.25) is 10.6 Å². The summed E-state index contributed by atoms with van der Waals surface area (Å²) in [4.78, 5) is 12.8. The Hall–Kier alpha value is -1.71. The van der Waals surface area contributed by atoms with E-state index in [2.05, 4.69) is 57.0 Å². The van der Waals surface area contributed by atoms with Gasteiger partial charge in [0.1, 0.15) is 6.29 Å². The maximum atomic E-state index is 12.8. The third-order valence-electron chi connectivity index (χ3n) is 7.57. The van der Waals surface area contributed by atoms with Gasteiger partial charge < -0.3 is 27.0 Å². The number of hydrogen-bond donors (Lipinski definition) is 7. The van der Waals surface area contributed by atoms with E-state index in [1.165, 1.54) is 56.1 Å². The van der Waals surface area contributed by atoms with Crippen LogP contribution in [0, 0.1) is 5.92 Å². The number of fused-ring (bicyclic) bond motifs is 1. The van der Waals surface area contributed by atoms with Crippen LogP contribution in [0.5, 0.6) is 0 Å². The third-order valence-corrected chi connectivity index (χ3v) is 7.57. The van der Waals surface area contributed by atoms with Gasteiger partial charge in [-0.05, 0) is 87.8 Å². The van der Waals surface area contributed by atoms with Gasteiger partial charge >= 0.3 is 6.03 Å². The molecule has 8 heteroatoms. The van der Waals surface area contributed by atoms with E-state index >= 15 is 0 Å². The Kier molecular flexibility index (Phi) is 9.58. The molecule has 8 N–H and O–H groups in total. The lowest BCUT2D eigenvalue weighted by molar-refractivity contribution is 0.193. The molecular formula is C26H45N7O. The van der Waals surface area contributed by atoms with E-state index in [1.54, 1.807) is 0 Å². The van der Waals surface area contributed by atoms with Gasteiger partial charge in [0.25, 0.3) is 0 Å². The molecule has 2 aliphatic heterocycles.